The highest BCUT2D eigenvalue weighted by molar-refractivity contribution is 5.40. The highest BCUT2D eigenvalue weighted by Crippen LogP contribution is 2.13. The molecule has 3 heteroatoms. The SMILES string of the molecule is CCCCc1nc(C)nc(N)c1C. The average molecular weight is 179 g/mol. The maximum Gasteiger partial charge on any atom is 0.130 e. The van der Waals surface area contributed by atoms with Gasteiger partial charge in [-0.05, 0) is 26.7 Å². The molecular formula is C10H17N3. The van der Waals surface area contributed by atoms with Gasteiger partial charge in [-0.25, -0.2) is 9.97 Å². The van der Waals surface area contributed by atoms with Crippen molar-refractivity contribution in [1.29, 1.82) is 0 Å². The number of aryl methyl sites for hydroxylation is 2. The second-order valence-electron chi connectivity index (χ2n) is 3.33. The summed E-state index contributed by atoms with van der Waals surface area (Å²) in [5.41, 5.74) is 7.89. The van der Waals surface area contributed by atoms with Gasteiger partial charge >= 0.3 is 0 Å². The first-order valence-corrected chi connectivity index (χ1v) is 4.74. The van der Waals surface area contributed by atoms with E-state index in [0.29, 0.717) is 5.82 Å². The molecule has 0 unspecified atom stereocenters. The number of aromatic nitrogens is 2. The molecule has 0 aliphatic heterocycles. The fourth-order valence-corrected chi connectivity index (χ4v) is 1.30. The van der Waals surface area contributed by atoms with Crippen LogP contribution in [0.5, 0.6) is 0 Å². The molecule has 3 nitrogen and oxygen atoms in total. The first-order chi connectivity index (χ1) is 6.15. The molecule has 0 amide bonds. The molecule has 0 spiro atoms. The minimum Gasteiger partial charge on any atom is -0.383 e. The van der Waals surface area contributed by atoms with Crippen LogP contribution in [0.15, 0.2) is 0 Å². The molecule has 0 atom stereocenters. The lowest BCUT2D eigenvalue weighted by atomic mass is 10.1. The number of anilines is 1. The average Bonchev–Trinajstić information content (AvgIpc) is 2.09. The summed E-state index contributed by atoms with van der Waals surface area (Å²) < 4.78 is 0. The predicted octanol–water partition coefficient (Wildman–Crippen LogP) is 2.02. The lowest BCUT2D eigenvalue weighted by molar-refractivity contribution is 0.763. The van der Waals surface area contributed by atoms with Gasteiger partial charge in [-0.2, -0.15) is 0 Å². The number of hydrogen-bond donors (Lipinski definition) is 1. The minimum absolute atomic E-state index is 0.624. The molecule has 0 saturated heterocycles. The van der Waals surface area contributed by atoms with Gasteiger partial charge in [0, 0.05) is 11.3 Å². The van der Waals surface area contributed by atoms with Gasteiger partial charge in [-0.3, -0.25) is 0 Å². The Morgan fingerprint density at radius 2 is 1.92 bits per heavy atom. The molecular weight excluding hydrogens is 162 g/mol. The van der Waals surface area contributed by atoms with Crippen LogP contribution < -0.4 is 5.73 Å². The van der Waals surface area contributed by atoms with E-state index < -0.39 is 0 Å². The summed E-state index contributed by atoms with van der Waals surface area (Å²) in [5, 5.41) is 0. The molecule has 1 heterocycles. The molecule has 13 heavy (non-hydrogen) atoms. The first kappa shape index (κ1) is 9.96. The van der Waals surface area contributed by atoms with Gasteiger partial charge in [0.25, 0.3) is 0 Å². The molecule has 0 aliphatic rings. The van der Waals surface area contributed by atoms with Gasteiger partial charge in [0.05, 0.1) is 0 Å². The van der Waals surface area contributed by atoms with Crippen LogP contribution >= 0.6 is 0 Å². The number of unbranched alkanes of at least 4 members (excludes halogenated alkanes) is 1. The van der Waals surface area contributed by atoms with Crippen molar-refractivity contribution < 1.29 is 0 Å². The molecule has 0 fully saturated rings. The largest absolute Gasteiger partial charge is 0.383 e. The zero-order valence-electron chi connectivity index (χ0n) is 8.59. The van der Waals surface area contributed by atoms with E-state index >= 15 is 0 Å². The second-order valence-corrected chi connectivity index (χ2v) is 3.33. The first-order valence-electron chi connectivity index (χ1n) is 4.74. The Labute approximate surface area is 79.4 Å². The van der Waals surface area contributed by atoms with Crippen molar-refractivity contribution in [3.8, 4) is 0 Å². The van der Waals surface area contributed by atoms with Crippen LogP contribution in [0.2, 0.25) is 0 Å². The van der Waals surface area contributed by atoms with E-state index in [-0.39, 0.29) is 0 Å². The summed E-state index contributed by atoms with van der Waals surface area (Å²) in [6.45, 7) is 6.04. The van der Waals surface area contributed by atoms with Crippen molar-refractivity contribution >= 4 is 5.82 Å². The van der Waals surface area contributed by atoms with Crippen LogP contribution in [0, 0.1) is 13.8 Å². The maximum absolute atomic E-state index is 5.74. The van der Waals surface area contributed by atoms with Gasteiger partial charge in [-0.1, -0.05) is 13.3 Å². The Hall–Kier alpha value is -1.12. The van der Waals surface area contributed by atoms with Crippen molar-refractivity contribution in [2.75, 3.05) is 5.73 Å². The third-order valence-corrected chi connectivity index (χ3v) is 2.16. The van der Waals surface area contributed by atoms with Crippen molar-refractivity contribution in [2.45, 2.75) is 40.0 Å². The normalized spacial score (nSPS) is 10.4. The molecule has 0 aromatic carbocycles. The highest BCUT2D eigenvalue weighted by atomic mass is 14.9. The smallest absolute Gasteiger partial charge is 0.130 e. The molecule has 2 N–H and O–H groups in total. The fourth-order valence-electron chi connectivity index (χ4n) is 1.30. The van der Waals surface area contributed by atoms with E-state index in [9.17, 15) is 0 Å². The van der Waals surface area contributed by atoms with Crippen molar-refractivity contribution in [1.82, 2.24) is 9.97 Å². The van der Waals surface area contributed by atoms with Crippen molar-refractivity contribution in [3.63, 3.8) is 0 Å². The number of rotatable bonds is 3. The molecule has 0 radical (unpaired) electrons. The van der Waals surface area contributed by atoms with Crippen LogP contribution in [0.1, 0.15) is 36.8 Å². The molecule has 0 aliphatic carbocycles. The zero-order chi connectivity index (χ0) is 9.84. The lowest BCUT2D eigenvalue weighted by Crippen LogP contribution is -2.04. The summed E-state index contributed by atoms with van der Waals surface area (Å²) in [4.78, 5) is 8.49. The Bertz CT molecular complexity index is 294. The summed E-state index contributed by atoms with van der Waals surface area (Å²) >= 11 is 0. The van der Waals surface area contributed by atoms with Crippen LogP contribution in [0.3, 0.4) is 0 Å². The third kappa shape index (κ3) is 2.41. The fraction of sp³-hybridized carbons (Fsp3) is 0.600. The van der Waals surface area contributed by atoms with Crippen LogP contribution in [-0.4, -0.2) is 9.97 Å². The summed E-state index contributed by atoms with van der Waals surface area (Å²) in [6, 6.07) is 0. The summed E-state index contributed by atoms with van der Waals surface area (Å²) in [6.07, 6.45) is 3.36. The van der Waals surface area contributed by atoms with Crippen molar-refractivity contribution in [2.24, 2.45) is 0 Å². The van der Waals surface area contributed by atoms with E-state index in [4.69, 9.17) is 5.73 Å². The Morgan fingerprint density at radius 1 is 1.23 bits per heavy atom. The standard InChI is InChI=1S/C10H17N3/c1-4-5-6-9-7(2)10(11)13-8(3)12-9/h4-6H2,1-3H3,(H2,11,12,13). The number of nitrogens with two attached hydrogens (primary N) is 1. The second kappa shape index (κ2) is 4.21. The molecule has 0 bridgehead atoms. The van der Waals surface area contributed by atoms with Gasteiger partial charge in [-0.15, -0.1) is 0 Å². The van der Waals surface area contributed by atoms with E-state index in [0.717, 1.165) is 29.9 Å². The Kier molecular flexibility index (Phi) is 3.23. The monoisotopic (exact) mass is 179 g/mol. The molecule has 1 rings (SSSR count). The Morgan fingerprint density at radius 3 is 2.54 bits per heavy atom. The quantitative estimate of drug-likeness (QED) is 0.772. The third-order valence-electron chi connectivity index (χ3n) is 2.16. The Balaban J connectivity index is 2.92. The van der Waals surface area contributed by atoms with Crippen LogP contribution in [0.25, 0.3) is 0 Å². The highest BCUT2D eigenvalue weighted by Gasteiger charge is 2.05. The van der Waals surface area contributed by atoms with E-state index in [1.54, 1.807) is 0 Å². The molecule has 0 saturated carbocycles. The summed E-state index contributed by atoms with van der Waals surface area (Å²) in [7, 11) is 0. The molecule has 72 valence electrons. The molecule has 1 aromatic rings. The summed E-state index contributed by atoms with van der Waals surface area (Å²) in [5.74, 6) is 1.40. The van der Waals surface area contributed by atoms with Gasteiger partial charge in [0.2, 0.25) is 0 Å². The van der Waals surface area contributed by atoms with Crippen LogP contribution in [0.4, 0.5) is 5.82 Å². The predicted molar refractivity (Wildman–Crippen MR) is 54.5 cm³/mol. The van der Waals surface area contributed by atoms with Gasteiger partial charge in [0.1, 0.15) is 11.6 Å². The van der Waals surface area contributed by atoms with E-state index in [2.05, 4.69) is 16.9 Å². The van der Waals surface area contributed by atoms with Gasteiger partial charge in [0.15, 0.2) is 0 Å². The number of nitrogens with zero attached hydrogens (tertiary/aromatic N) is 2. The lowest BCUT2D eigenvalue weighted by Gasteiger charge is -2.07. The maximum atomic E-state index is 5.74. The molecule has 1 aromatic heterocycles. The number of nitrogen functional groups attached to an aromatic ring is 1. The van der Waals surface area contributed by atoms with Crippen LogP contribution in [-0.2, 0) is 6.42 Å². The van der Waals surface area contributed by atoms with Gasteiger partial charge < -0.3 is 5.73 Å². The topological polar surface area (TPSA) is 51.8 Å². The minimum atomic E-state index is 0.624. The number of hydrogen-bond acceptors (Lipinski definition) is 3. The van der Waals surface area contributed by atoms with E-state index in [1.165, 1.54) is 6.42 Å². The van der Waals surface area contributed by atoms with Crippen molar-refractivity contribution in [3.05, 3.63) is 17.1 Å². The van der Waals surface area contributed by atoms with E-state index in [1.807, 2.05) is 13.8 Å². The zero-order valence-corrected chi connectivity index (χ0v) is 8.59.